The molecule has 0 aliphatic rings. The molecule has 2 amide bonds. The lowest BCUT2D eigenvalue weighted by Crippen LogP contribution is -2.43. The van der Waals surface area contributed by atoms with Crippen molar-refractivity contribution >= 4 is 6.03 Å². The van der Waals surface area contributed by atoms with Crippen LogP contribution in [0.1, 0.15) is 0 Å². The van der Waals surface area contributed by atoms with Gasteiger partial charge in [-0.05, 0) is 0 Å². The highest BCUT2D eigenvalue weighted by Gasteiger charge is 1.89. The first-order chi connectivity index (χ1) is 4.31. The van der Waals surface area contributed by atoms with Crippen molar-refractivity contribution in [2.45, 2.75) is 0 Å². The van der Waals surface area contributed by atoms with Gasteiger partial charge in [0.25, 0.3) is 0 Å². The molecule has 5 heteroatoms. The van der Waals surface area contributed by atoms with Gasteiger partial charge >= 0.3 is 6.03 Å². The Morgan fingerprint density at radius 2 is 2.33 bits per heavy atom. The Kier molecular flexibility index (Phi) is 4.85. The molecule has 0 aromatic carbocycles. The predicted molar refractivity (Wildman–Crippen MR) is 32.6 cm³/mol. The number of hydrazine groups is 1. The Labute approximate surface area is 53.7 Å². The van der Waals surface area contributed by atoms with Crippen molar-refractivity contribution < 1.29 is 9.53 Å². The lowest BCUT2D eigenvalue weighted by molar-refractivity contribution is 0.161. The van der Waals surface area contributed by atoms with Gasteiger partial charge in [0.05, 0.1) is 0 Å². The molecule has 0 radical (unpaired) electrons. The van der Waals surface area contributed by atoms with Crippen LogP contribution in [0.2, 0.25) is 0 Å². The number of rotatable bonds is 3. The number of hydrogen-bond acceptors (Lipinski definition) is 3. The first-order valence-corrected chi connectivity index (χ1v) is 2.50. The third-order valence-corrected chi connectivity index (χ3v) is 0.645. The van der Waals surface area contributed by atoms with Crippen molar-refractivity contribution in [1.82, 2.24) is 16.2 Å². The van der Waals surface area contributed by atoms with E-state index in [1.54, 1.807) is 0 Å². The van der Waals surface area contributed by atoms with E-state index in [0.717, 1.165) is 0 Å². The Hall–Kier alpha value is -0.810. The van der Waals surface area contributed by atoms with Crippen LogP contribution in [-0.4, -0.2) is 26.9 Å². The van der Waals surface area contributed by atoms with E-state index in [1.165, 1.54) is 14.2 Å². The molecule has 0 saturated carbocycles. The summed E-state index contributed by atoms with van der Waals surface area (Å²) >= 11 is 0. The second kappa shape index (κ2) is 5.33. The lowest BCUT2D eigenvalue weighted by atomic mass is 11.0. The summed E-state index contributed by atoms with van der Waals surface area (Å²) in [6, 6.07) is -0.285. The van der Waals surface area contributed by atoms with E-state index in [2.05, 4.69) is 20.9 Å². The topological polar surface area (TPSA) is 62.4 Å². The fourth-order valence-corrected chi connectivity index (χ4v) is 0.251. The zero-order valence-corrected chi connectivity index (χ0v) is 5.52. The SMILES string of the molecule is CNC(=O)NNCOC. The molecule has 0 rings (SSSR count). The van der Waals surface area contributed by atoms with Gasteiger partial charge < -0.3 is 10.1 Å². The molecule has 0 aromatic rings. The maximum atomic E-state index is 10.3. The summed E-state index contributed by atoms with van der Waals surface area (Å²) in [6.07, 6.45) is 0. The van der Waals surface area contributed by atoms with Gasteiger partial charge in [-0.15, -0.1) is 0 Å². The number of carbonyl (C=O) groups is 1. The van der Waals surface area contributed by atoms with Crippen LogP contribution in [0.25, 0.3) is 0 Å². The summed E-state index contributed by atoms with van der Waals surface area (Å²) < 4.78 is 4.58. The van der Waals surface area contributed by atoms with E-state index >= 15 is 0 Å². The molecule has 9 heavy (non-hydrogen) atoms. The monoisotopic (exact) mass is 133 g/mol. The Morgan fingerprint density at radius 3 is 2.78 bits per heavy atom. The molecule has 54 valence electrons. The first-order valence-electron chi connectivity index (χ1n) is 2.50. The van der Waals surface area contributed by atoms with Gasteiger partial charge in [-0.1, -0.05) is 0 Å². The van der Waals surface area contributed by atoms with Gasteiger partial charge in [0, 0.05) is 14.2 Å². The van der Waals surface area contributed by atoms with Crippen molar-refractivity contribution in [2.24, 2.45) is 0 Å². The molecule has 3 N–H and O–H groups in total. The van der Waals surface area contributed by atoms with Crippen molar-refractivity contribution in [2.75, 3.05) is 20.9 Å². The maximum absolute atomic E-state index is 10.3. The van der Waals surface area contributed by atoms with E-state index in [1.807, 2.05) is 0 Å². The van der Waals surface area contributed by atoms with Crippen molar-refractivity contribution in [1.29, 1.82) is 0 Å². The molecule has 0 saturated heterocycles. The predicted octanol–water partition coefficient (Wildman–Crippen LogP) is -0.976. The minimum atomic E-state index is -0.285. The van der Waals surface area contributed by atoms with Gasteiger partial charge in [0.15, 0.2) is 0 Å². The third kappa shape index (κ3) is 5.05. The van der Waals surface area contributed by atoms with Crippen LogP contribution < -0.4 is 16.2 Å². The normalized spacial score (nSPS) is 8.67. The quantitative estimate of drug-likeness (QED) is 0.263. The minimum absolute atomic E-state index is 0.285. The summed E-state index contributed by atoms with van der Waals surface area (Å²) in [7, 11) is 3.06. The average Bonchev–Trinajstić information content (AvgIpc) is 1.89. The third-order valence-electron chi connectivity index (χ3n) is 0.645. The van der Waals surface area contributed by atoms with Crippen molar-refractivity contribution in [3.63, 3.8) is 0 Å². The Morgan fingerprint density at radius 1 is 1.67 bits per heavy atom. The molecule has 0 spiro atoms. The number of carbonyl (C=O) groups excluding carboxylic acids is 1. The zero-order valence-electron chi connectivity index (χ0n) is 5.52. The molecule has 0 bridgehead atoms. The standard InChI is InChI=1S/C4H11N3O2/c1-5-4(8)7-6-3-9-2/h6H,3H2,1-2H3,(H2,5,7,8). The molecular formula is C4H11N3O2. The van der Waals surface area contributed by atoms with E-state index in [4.69, 9.17) is 0 Å². The Bertz CT molecular complexity index is 85.9. The molecule has 0 aromatic heterocycles. The van der Waals surface area contributed by atoms with Crippen LogP contribution in [0.4, 0.5) is 4.79 Å². The average molecular weight is 133 g/mol. The van der Waals surface area contributed by atoms with Crippen LogP contribution in [0.15, 0.2) is 0 Å². The summed E-state index contributed by atoms with van der Waals surface area (Å²) in [5.41, 5.74) is 4.81. The number of methoxy groups -OCH3 is 1. The minimum Gasteiger partial charge on any atom is -0.368 e. The van der Waals surface area contributed by atoms with Crippen LogP contribution in [0.3, 0.4) is 0 Å². The van der Waals surface area contributed by atoms with E-state index < -0.39 is 0 Å². The summed E-state index contributed by atoms with van der Waals surface area (Å²) in [5.74, 6) is 0. The largest absolute Gasteiger partial charge is 0.368 e. The van der Waals surface area contributed by atoms with Crippen LogP contribution in [0, 0.1) is 0 Å². The van der Waals surface area contributed by atoms with Crippen LogP contribution >= 0.6 is 0 Å². The van der Waals surface area contributed by atoms with Crippen molar-refractivity contribution in [3.8, 4) is 0 Å². The molecule has 5 nitrogen and oxygen atoms in total. The molecule has 0 aliphatic heterocycles. The summed E-state index contributed by atoms with van der Waals surface area (Å²) in [6.45, 7) is 0.299. The molecular weight excluding hydrogens is 122 g/mol. The number of amides is 2. The number of hydrogen-bond donors (Lipinski definition) is 3. The first kappa shape index (κ1) is 8.19. The second-order valence-electron chi connectivity index (χ2n) is 1.31. The fraction of sp³-hybridized carbons (Fsp3) is 0.750. The smallest absolute Gasteiger partial charge is 0.328 e. The highest BCUT2D eigenvalue weighted by Crippen LogP contribution is 1.56. The Balaban J connectivity index is 2.97. The highest BCUT2D eigenvalue weighted by molar-refractivity contribution is 5.72. The molecule has 0 heterocycles. The second-order valence-corrected chi connectivity index (χ2v) is 1.31. The fourth-order valence-electron chi connectivity index (χ4n) is 0.251. The van der Waals surface area contributed by atoms with E-state index in [9.17, 15) is 4.79 Å². The van der Waals surface area contributed by atoms with Gasteiger partial charge in [0.1, 0.15) is 6.73 Å². The van der Waals surface area contributed by atoms with Gasteiger partial charge in [-0.25, -0.2) is 10.2 Å². The van der Waals surface area contributed by atoms with Crippen LogP contribution in [0.5, 0.6) is 0 Å². The molecule has 0 aliphatic carbocycles. The maximum Gasteiger partial charge on any atom is 0.328 e. The molecule has 0 unspecified atom stereocenters. The van der Waals surface area contributed by atoms with E-state index in [-0.39, 0.29) is 6.03 Å². The number of urea groups is 1. The highest BCUT2D eigenvalue weighted by atomic mass is 16.5. The number of ether oxygens (including phenoxy) is 1. The number of nitrogens with one attached hydrogen (secondary N) is 3. The van der Waals surface area contributed by atoms with E-state index in [0.29, 0.717) is 6.73 Å². The van der Waals surface area contributed by atoms with Gasteiger partial charge in [0.2, 0.25) is 0 Å². The van der Waals surface area contributed by atoms with Gasteiger partial charge in [-0.3, -0.25) is 5.43 Å². The molecule has 0 fully saturated rings. The van der Waals surface area contributed by atoms with Gasteiger partial charge in [-0.2, -0.15) is 0 Å². The van der Waals surface area contributed by atoms with Crippen LogP contribution in [-0.2, 0) is 4.74 Å². The zero-order chi connectivity index (χ0) is 7.11. The lowest BCUT2D eigenvalue weighted by Gasteiger charge is -2.03. The molecule has 0 atom stereocenters. The van der Waals surface area contributed by atoms with Crippen molar-refractivity contribution in [3.05, 3.63) is 0 Å². The summed E-state index contributed by atoms with van der Waals surface area (Å²) in [4.78, 5) is 10.3. The summed E-state index contributed by atoms with van der Waals surface area (Å²) in [5, 5.41) is 2.36.